The lowest BCUT2D eigenvalue weighted by Crippen LogP contribution is -2.41. The summed E-state index contributed by atoms with van der Waals surface area (Å²) in [6.07, 6.45) is 1.64. The minimum Gasteiger partial charge on any atom is -0.273 e. The molecule has 1 aliphatic heterocycles. The van der Waals surface area contributed by atoms with Gasteiger partial charge in [0.2, 0.25) is 5.91 Å². The number of aromatic nitrogens is 2. The van der Waals surface area contributed by atoms with Crippen LogP contribution >= 0.6 is 11.3 Å². The van der Waals surface area contributed by atoms with Gasteiger partial charge in [0.25, 0.3) is 11.5 Å². The van der Waals surface area contributed by atoms with Gasteiger partial charge in [-0.1, -0.05) is 42.5 Å². The molecular formula is C26H23N5O3S. The number of aryl methyl sites for hydroxylation is 3. The Labute approximate surface area is 205 Å². The Hall–Kier alpha value is -4.11. The fourth-order valence-electron chi connectivity index (χ4n) is 4.16. The zero-order chi connectivity index (χ0) is 24.7. The van der Waals surface area contributed by atoms with Gasteiger partial charge in [-0.05, 0) is 43.5 Å². The first-order valence-corrected chi connectivity index (χ1v) is 12.0. The summed E-state index contributed by atoms with van der Waals surface area (Å²) in [5.74, 6) is -0.735. The van der Waals surface area contributed by atoms with Gasteiger partial charge in [0.15, 0.2) is 0 Å². The monoisotopic (exact) mass is 485 g/mol. The Morgan fingerprint density at radius 2 is 1.80 bits per heavy atom. The van der Waals surface area contributed by atoms with E-state index in [0.717, 1.165) is 31.8 Å². The quantitative estimate of drug-likeness (QED) is 0.466. The highest BCUT2D eigenvalue weighted by Crippen LogP contribution is 2.35. The number of hydrogen-bond acceptors (Lipinski definition) is 6. The summed E-state index contributed by atoms with van der Waals surface area (Å²) in [5.41, 5.74) is 6.64. The molecule has 0 radical (unpaired) electrons. The highest BCUT2D eigenvalue weighted by atomic mass is 32.1. The second-order valence-corrected chi connectivity index (χ2v) is 9.69. The van der Waals surface area contributed by atoms with Crippen LogP contribution in [0.15, 0.2) is 64.8 Å². The molecular weight excluding hydrogens is 462 g/mol. The van der Waals surface area contributed by atoms with E-state index in [-0.39, 0.29) is 30.0 Å². The summed E-state index contributed by atoms with van der Waals surface area (Å²) in [6, 6.07) is 15.4. The van der Waals surface area contributed by atoms with E-state index in [0.29, 0.717) is 15.9 Å². The Morgan fingerprint density at radius 1 is 1.03 bits per heavy atom. The summed E-state index contributed by atoms with van der Waals surface area (Å²) in [6.45, 7) is 5.77. The SMILES string of the molecule is Cc1ccc(C)c(N2N=C(C(=O)Nn3cnc4sc(C)c(-c5ccccc5)c4c3=O)CCC2=O)c1. The third-order valence-electron chi connectivity index (χ3n) is 5.96. The van der Waals surface area contributed by atoms with Crippen LogP contribution in [0.3, 0.4) is 0 Å². The molecule has 0 saturated carbocycles. The highest BCUT2D eigenvalue weighted by Gasteiger charge is 2.27. The van der Waals surface area contributed by atoms with Crippen molar-refractivity contribution in [2.24, 2.45) is 5.10 Å². The van der Waals surface area contributed by atoms with Gasteiger partial charge in [-0.2, -0.15) is 5.10 Å². The molecule has 0 atom stereocenters. The molecule has 3 heterocycles. The maximum absolute atomic E-state index is 13.4. The number of hydrazone groups is 1. The first kappa shape index (κ1) is 22.7. The largest absolute Gasteiger partial charge is 0.286 e. The maximum atomic E-state index is 13.4. The van der Waals surface area contributed by atoms with Crippen LogP contribution < -0.4 is 16.0 Å². The molecule has 2 amide bonds. The summed E-state index contributed by atoms with van der Waals surface area (Å²) < 4.78 is 1.09. The Balaban J connectivity index is 1.50. The number of nitrogens with one attached hydrogen (secondary N) is 1. The van der Waals surface area contributed by atoms with Crippen molar-refractivity contribution in [3.8, 4) is 11.1 Å². The average molecular weight is 486 g/mol. The second-order valence-electron chi connectivity index (χ2n) is 8.48. The van der Waals surface area contributed by atoms with E-state index in [9.17, 15) is 14.4 Å². The van der Waals surface area contributed by atoms with E-state index in [1.165, 1.54) is 22.7 Å². The molecule has 176 valence electrons. The predicted octanol–water partition coefficient (Wildman–Crippen LogP) is 4.30. The van der Waals surface area contributed by atoms with Crippen molar-refractivity contribution in [1.29, 1.82) is 0 Å². The fourth-order valence-corrected chi connectivity index (χ4v) is 5.16. The zero-order valence-corrected chi connectivity index (χ0v) is 20.3. The van der Waals surface area contributed by atoms with Crippen molar-refractivity contribution < 1.29 is 9.59 Å². The predicted molar refractivity (Wildman–Crippen MR) is 138 cm³/mol. The number of fused-ring (bicyclic) bond motifs is 1. The molecule has 8 nitrogen and oxygen atoms in total. The number of nitrogens with zero attached hydrogens (tertiary/aromatic N) is 4. The van der Waals surface area contributed by atoms with Gasteiger partial charge in [0, 0.05) is 23.3 Å². The number of anilines is 1. The van der Waals surface area contributed by atoms with Crippen molar-refractivity contribution in [3.63, 3.8) is 0 Å². The van der Waals surface area contributed by atoms with Crippen LogP contribution in [0.5, 0.6) is 0 Å². The second kappa shape index (κ2) is 8.92. The molecule has 35 heavy (non-hydrogen) atoms. The molecule has 0 spiro atoms. The van der Waals surface area contributed by atoms with Gasteiger partial charge in [0.1, 0.15) is 16.9 Å². The molecule has 1 aliphatic rings. The highest BCUT2D eigenvalue weighted by molar-refractivity contribution is 7.19. The number of carbonyl (C=O) groups is 2. The van der Waals surface area contributed by atoms with E-state index in [2.05, 4.69) is 15.5 Å². The molecule has 0 aliphatic carbocycles. The molecule has 9 heteroatoms. The van der Waals surface area contributed by atoms with Crippen molar-refractivity contribution in [1.82, 2.24) is 9.66 Å². The average Bonchev–Trinajstić information content (AvgIpc) is 3.20. The van der Waals surface area contributed by atoms with Gasteiger partial charge in [0.05, 0.1) is 11.1 Å². The zero-order valence-electron chi connectivity index (χ0n) is 19.5. The van der Waals surface area contributed by atoms with Crippen molar-refractivity contribution in [2.45, 2.75) is 33.6 Å². The lowest BCUT2D eigenvalue weighted by Gasteiger charge is -2.24. The van der Waals surface area contributed by atoms with E-state index >= 15 is 0 Å². The fraction of sp³-hybridized carbons (Fsp3) is 0.192. The van der Waals surface area contributed by atoms with Gasteiger partial charge < -0.3 is 0 Å². The number of hydrogen-bond donors (Lipinski definition) is 1. The van der Waals surface area contributed by atoms with Gasteiger partial charge in [-0.3, -0.25) is 19.8 Å². The molecule has 0 unspecified atom stereocenters. The lowest BCUT2D eigenvalue weighted by molar-refractivity contribution is -0.118. The molecule has 4 aromatic rings. The Morgan fingerprint density at radius 3 is 2.57 bits per heavy atom. The molecule has 2 aromatic heterocycles. The van der Waals surface area contributed by atoms with Crippen LogP contribution in [-0.2, 0) is 9.59 Å². The number of carbonyl (C=O) groups excluding carboxylic acids is 2. The molecule has 1 N–H and O–H groups in total. The van der Waals surface area contributed by atoms with Crippen LogP contribution in [0, 0.1) is 20.8 Å². The molecule has 0 bridgehead atoms. The molecule has 2 aromatic carbocycles. The number of rotatable bonds is 4. The number of thiophene rings is 1. The smallest absolute Gasteiger partial charge is 0.273 e. The molecule has 0 saturated heterocycles. The maximum Gasteiger partial charge on any atom is 0.286 e. The number of amides is 2. The normalized spacial score (nSPS) is 13.7. The van der Waals surface area contributed by atoms with E-state index in [1.807, 2.05) is 69.3 Å². The summed E-state index contributed by atoms with van der Waals surface area (Å²) in [5, 5.41) is 6.08. The van der Waals surface area contributed by atoms with Crippen LogP contribution in [0.1, 0.15) is 28.8 Å². The summed E-state index contributed by atoms with van der Waals surface area (Å²) in [7, 11) is 0. The van der Waals surface area contributed by atoms with Crippen LogP contribution in [0.2, 0.25) is 0 Å². The number of benzene rings is 2. The first-order valence-electron chi connectivity index (χ1n) is 11.2. The van der Waals surface area contributed by atoms with Crippen molar-refractivity contribution in [3.05, 3.63) is 81.2 Å². The van der Waals surface area contributed by atoms with Crippen molar-refractivity contribution in [2.75, 3.05) is 10.4 Å². The summed E-state index contributed by atoms with van der Waals surface area (Å²) >= 11 is 1.44. The summed E-state index contributed by atoms with van der Waals surface area (Å²) in [4.78, 5) is 45.0. The Kier molecular flexibility index (Phi) is 5.78. The Bertz CT molecular complexity index is 1570. The topological polar surface area (TPSA) is 96.7 Å². The standard InChI is InChI=1S/C26H23N5O3S/c1-15-9-10-16(2)20(13-15)31-21(32)12-11-19(28-31)24(33)29-30-14-27-25-23(26(30)34)22(17(3)35-25)18-7-5-4-6-8-18/h4-10,13-14H,11-12H2,1-3H3,(H,29,33). The van der Waals surface area contributed by atoms with Gasteiger partial charge in [-0.25, -0.2) is 14.7 Å². The van der Waals surface area contributed by atoms with Crippen LogP contribution in [-0.4, -0.2) is 27.2 Å². The van der Waals surface area contributed by atoms with Crippen molar-refractivity contribution >= 4 is 44.8 Å². The van der Waals surface area contributed by atoms with Gasteiger partial charge in [-0.15, -0.1) is 11.3 Å². The molecule has 5 rings (SSSR count). The minimum atomic E-state index is -0.552. The van der Waals surface area contributed by atoms with E-state index in [1.54, 1.807) is 0 Å². The van der Waals surface area contributed by atoms with Crippen LogP contribution in [0.25, 0.3) is 21.3 Å². The van der Waals surface area contributed by atoms with E-state index in [4.69, 9.17) is 0 Å². The lowest BCUT2D eigenvalue weighted by atomic mass is 10.0. The van der Waals surface area contributed by atoms with E-state index < -0.39 is 5.91 Å². The third-order valence-corrected chi connectivity index (χ3v) is 6.97. The minimum absolute atomic E-state index is 0.147. The molecule has 0 fully saturated rings. The first-order chi connectivity index (χ1) is 16.8. The van der Waals surface area contributed by atoms with Crippen LogP contribution in [0.4, 0.5) is 5.69 Å². The van der Waals surface area contributed by atoms with Gasteiger partial charge >= 0.3 is 0 Å². The third kappa shape index (κ3) is 4.15.